The lowest BCUT2D eigenvalue weighted by molar-refractivity contribution is 0.178. The lowest BCUT2D eigenvalue weighted by Gasteiger charge is -2.10. The molecule has 1 heterocycles. The summed E-state index contributed by atoms with van der Waals surface area (Å²) in [4.78, 5) is 0. The fourth-order valence-electron chi connectivity index (χ4n) is 1.71. The topological polar surface area (TPSA) is 20.2 Å². The van der Waals surface area contributed by atoms with Crippen molar-refractivity contribution in [3.63, 3.8) is 0 Å². The van der Waals surface area contributed by atoms with Crippen molar-refractivity contribution in [3.8, 4) is 0 Å². The van der Waals surface area contributed by atoms with E-state index in [2.05, 4.69) is 5.38 Å². The highest BCUT2D eigenvalue weighted by atomic mass is 35.5. The second-order valence-electron chi connectivity index (χ2n) is 3.86. The van der Waals surface area contributed by atoms with E-state index in [0.717, 1.165) is 16.7 Å². The van der Waals surface area contributed by atoms with Crippen LogP contribution in [0.25, 0.3) is 0 Å². The van der Waals surface area contributed by atoms with Crippen LogP contribution in [0, 0.1) is 6.92 Å². The third-order valence-electron chi connectivity index (χ3n) is 2.57. The minimum Gasteiger partial charge on any atom is -0.388 e. The zero-order valence-corrected chi connectivity index (χ0v) is 10.6. The molecule has 0 fully saturated rings. The number of aliphatic hydroxyl groups excluding tert-OH is 1. The number of hydrogen-bond donors (Lipinski definition) is 1. The third-order valence-corrected chi connectivity index (χ3v) is 3.69. The van der Waals surface area contributed by atoms with Gasteiger partial charge in [-0.05, 0) is 46.5 Å². The fraction of sp³-hybridized carbons (Fsp3) is 0.231. The molecule has 1 unspecified atom stereocenters. The molecule has 1 atom stereocenters. The number of hydrogen-bond acceptors (Lipinski definition) is 2. The molecule has 1 N–H and O–H groups in total. The standard InChI is InChI=1S/C13H13ClOS/c1-9-7-16-8-12(9)13(15)6-10-3-2-4-11(14)5-10/h2-5,7-8,13,15H,6H2,1H3. The number of rotatable bonds is 3. The molecule has 1 aromatic heterocycles. The van der Waals surface area contributed by atoms with Gasteiger partial charge in [0.1, 0.15) is 0 Å². The first kappa shape index (κ1) is 11.6. The smallest absolute Gasteiger partial charge is 0.0840 e. The van der Waals surface area contributed by atoms with Crippen molar-refractivity contribution in [1.82, 2.24) is 0 Å². The number of halogens is 1. The Morgan fingerprint density at radius 2 is 2.19 bits per heavy atom. The van der Waals surface area contributed by atoms with Gasteiger partial charge in [-0.2, -0.15) is 11.3 Å². The maximum Gasteiger partial charge on any atom is 0.0840 e. The first-order chi connectivity index (χ1) is 7.66. The molecule has 84 valence electrons. The van der Waals surface area contributed by atoms with Crippen LogP contribution in [-0.2, 0) is 6.42 Å². The van der Waals surface area contributed by atoms with E-state index < -0.39 is 6.10 Å². The van der Waals surface area contributed by atoms with Crippen molar-refractivity contribution >= 4 is 22.9 Å². The van der Waals surface area contributed by atoms with Crippen LogP contribution in [0.5, 0.6) is 0 Å². The van der Waals surface area contributed by atoms with Gasteiger partial charge in [-0.25, -0.2) is 0 Å². The van der Waals surface area contributed by atoms with Crippen molar-refractivity contribution in [2.24, 2.45) is 0 Å². The van der Waals surface area contributed by atoms with E-state index in [1.165, 1.54) is 0 Å². The van der Waals surface area contributed by atoms with Crippen LogP contribution < -0.4 is 0 Å². The van der Waals surface area contributed by atoms with Crippen LogP contribution in [0.1, 0.15) is 22.8 Å². The summed E-state index contributed by atoms with van der Waals surface area (Å²) in [5, 5.41) is 14.9. The Hall–Kier alpha value is -0.830. The van der Waals surface area contributed by atoms with Crippen LogP contribution >= 0.6 is 22.9 Å². The maximum atomic E-state index is 10.1. The maximum absolute atomic E-state index is 10.1. The zero-order chi connectivity index (χ0) is 11.5. The van der Waals surface area contributed by atoms with Crippen molar-refractivity contribution in [2.45, 2.75) is 19.4 Å². The monoisotopic (exact) mass is 252 g/mol. The zero-order valence-electron chi connectivity index (χ0n) is 8.98. The largest absolute Gasteiger partial charge is 0.388 e. The molecule has 0 aliphatic carbocycles. The van der Waals surface area contributed by atoms with Crippen LogP contribution in [0.3, 0.4) is 0 Å². The van der Waals surface area contributed by atoms with Crippen LogP contribution in [-0.4, -0.2) is 5.11 Å². The molecular formula is C13H13ClOS. The Morgan fingerprint density at radius 3 is 2.81 bits per heavy atom. The molecule has 0 amide bonds. The summed E-state index contributed by atoms with van der Waals surface area (Å²) in [5.74, 6) is 0. The van der Waals surface area contributed by atoms with E-state index in [1.807, 2.05) is 36.6 Å². The molecular weight excluding hydrogens is 240 g/mol. The van der Waals surface area contributed by atoms with Crippen LogP contribution in [0.15, 0.2) is 35.0 Å². The second kappa shape index (κ2) is 5.00. The Labute approximate surface area is 104 Å². The highest BCUT2D eigenvalue weighted by molar-refractivity contribution is 7.08. The van der Waals surface area contributed by atoms with E-state index in [9.17, 15) is 5.11 Å². The average molecular weight is 253 g/mol. The van der Waals surface area contributed by atoms with E-state index in [0.29, 0.717) is 11.4 Å². The Balaban J connectivity index is 2.14. The molecule has 1 nitrogen and oxygen atoms in total. The first-order valence-corrected chi connectivity index (χ1v) is 6.44. The lowest BCUT2D eigenvalue weighted by atomic mass is 10.0. The molecule has 3 heteroatoms. The Morgan fingerprint density at radius 1 is 1.38 bits per heavy atom. The number of aliphatic hydroxyl groups is 1. The quantitative estimate of drug-likeness (QED) is 0.876. The molecule has 0 aliphatic heterocycles. The summed E-state index contributed by atoms with van der Waals surface area (Å²) in [6, 6.07) is 7.63. The summed E-state index contributed by atoms with van der Waals surface area (Å²) >= 11 is 7.53. The van der Waals surface area contributed by atoms with Gasteiger partial charge in [-0.3, -0.25) is 0 Å². The normalized spacial score (nSPS) is 12.7. The van der Waals surface area contributed by atoms with Gasteiger partial charge >= 0.3 is 0 Å². The summed E-state index contributed by atoms with van der Waals surface area (Å²) in [7, 11) is 0. The fourth-order valence-corrected chi connectivity index (χ4v) is 2.82. The van der Waals surface area contributed by atoms with Crippen LogP contribution in [0.4, 0.5) is 0 Å². The number of aryl methyl sites for hydroxylation is 1. The van der Waals surface area contributed by atoms with Gasteiger partial charge in [0.2, 0.25) is 0 Å². The molecule has 0 saturated heterocycles. The molecule has 0 radical (unpaired) electrons. The van der Waals surface area contributed by atoms with E-state index >= 15 is 0 Å². The van der Waals surface area contributed by atoms with Gasteiger partial charge in [0.15, 0.2) is 0 Å². The molecule has 0 aliphatic rings. The van der Waals surface area contributed by atoms with E-state index in [1.54, 1.807) is 11.3 Å². The number of benzene rings is 1. The predicted octanol–water partition coefficient (Wildman–Crippen LogP) is 3.99. The molecule has 0 spiro atoms. The predicted molar refractivity (Wildman–Crippen MR) is 69.2 cm³/mol. The summed E-state index contributed by atoms with van der Waals surface area (Å²) in [6.45, 7) is 2.02. The van der Waals surface area contributed by atoms with Gasteiger partial charge < -0.3 is 5.11 Å². The highest BCUT2D eigenvalue weighted by Crippen LogP contribution is 2.25. The van der Waals surface area contributed by atoms with Gasteiger partial charge in [0.25, 0.3) is 0 Å². The lowest BCUT2D eigenvalue weighted by Crippen LogP contribution is -2.01. The molecule has 0 saturated carbocycles. The summed E-state index contributed by atoms with van der Waals surface area (Å²) in [5.41, 5.74) is 3.23. The molecule has 16 heavy (non-hydrogen) atoms. The van der Waals surface area contributed by atoms with Crippen molar-refractivity contribution in [3.05, 3.63) is 56.7 Å². The van der Waals surface area contributed by atoms with E-state index in [4.69, 9.17) is 11.6 Å². The van der Waals surface area contributed by atoms with E-state index in [-0.39, 0.29) is 0 Å². The third kappa shape index (κ3) is 2.64. The van der Waals surface area contributed by atoms with Crippen molar-refractivity contribution < 1.29 is 5.11 Å². The van der Waals surface area contributed by atoms with Crippen molar-refractivity contribution in [2.75, 3.05) is 0 Å². The first-order valence-electron chi connectivity index (χ1n) is 5.12. The molecule has 0 bridgehead atoms. The Bertz CT molecular complexity index is 478. The average Bonchev–Trinajstić information content (AvgIpc) is 2.64. The minimum absolute atomic E-state index is 0.440. The van der Waals surface area contributed by atoms with Gasteiger partial charge in [0, 0.05) is 11.4 Å². The van der Waals surface area contributed by atoms with Gasteiger partial charge in [-0.15, -0.1) is 0 Å². The van der Waals surface area contributed by atoms with Crippen molar-refractivity contribution in [1.29, 1.82) is 0 Å². The second-order valence-corrected chi connectivity index (χ2v) is 5.04. The minimum atomic E-state index is -0.440. The molecule has 1 aromatic carbocycles. The Kier molecular flexibility index (Phi) is 3.64. The number of thiophene rings is 1. The SMILES string of the molecule is Cc1cscc1C(O)Cc1cccc(Cl)c1. The highest BCUT2D eigenvalue weighted by Gasteiger charge is 2.11. The summed E-state index contributed by atoms with van der Waals surface area (Å²) in [6.07, 6.45) is 0.169. The van der Waals surface area contributed by atoms with Crippen LogP contribution in [0.2, 0.25) is 5.02 Å². The van der Waals surface area contributed by atoms with Gasteiger partial charge in [0.05, 0.1) is 6.10 Å². The molecule has 2 aromatic rings. The van der Waals surface area contributed by atoms with Gasteiger partial charge in [-0.1, -0.05) is 23.7 Å². The summed E-state index contributed by atoms with van der Waals surface area (Å²) < 4.78 is 0. The molecule has 2 rings (SSSR count).